The number of fused-ring (bicyclic) bond motifs is 1. The summed E-state index contributed by atoms with van der Waals surface area (Å²) < 4.78 is 21.1. The topological polar surface area (TPSA) is 99.7 Å². The average Bonchev–Trinajstić information content (AvgIpc) is 2.63. The zero-order chi connectivity index (χ0) is 19.6. The first-order valence-corrected chi connectivity index (χ1v) is 8.87. The molecule has 2 aromatic rings. The third-order valence-corrected chi connectivity index (χ3v) is 3.94. The molecule has 148 valence electrons. The molecule has 0 saturated heterocycles. The third-order valence-electron chi connectivity index (χ3n) is 3.94. The van der Waals surface area contributed by atoms with Crippen LogP contribution in [0.25, 0.3) is 10.9 Å². The first kappa shape index (κ1) is 21.0. The van der Waals surface area contributed by atoms with Gasteiger partial charge in [0, 0.05) is 19.7 Å². The Bertz CT molecular complexity index is 804. The van der Waals surface area contributed by atoms with Gasteiger partial charge < -0.3 is 23.9 Å². The smallest absolute Gasteiger partial charge is 0.340 e. The van der Waals surface area contributed by atoms with E-state index in [0.717, 1.165) is 0 Å². The minimum absolute atomic E-state index is 0.289. The van der Waals surface area contributed by atoms with Crippen LogP contribution in [0.2, 0.25) is 0 Å². The van der Waals surface area contributed by atoms with Crippen LogP contribution < -0.4 is 5.56 Å². The van der Waals surface area contributed by atoms with Gasteiger partial charge in [-0.2, -0.15) is 0 Å². The molecule has 8 heteroatoms. The highest BCUT2D eigenvalue weighted by Gasteiger charge is 2.17. The van der Waals surface area contributed by atoms with Gasteiger partial charge in [0.2, 0.25) is 0 Å². The molecule has 0 spiro atoms. The van der Waals surface area contributed by atoms with Crippen LogP contribution in [-0.4, -0.2) is 62.2 Å². The van der Waals surface area contributed by atoms with Gasteiger partial charge in [-0.25, -0.2) is 4.79 Å². The lowest BCUT2D eigenvalue weighted by Crippen LogP contribution is -2.19. The standard InChI is InChI=1S/C19H26N2O6/c1-13(5-7-25-10-11-26-9-8-24-3)27-19(23)15-12-16-17(21-14(15)2)4-6-20-18(16)22/h4,6,12-13H,5,7-11H2,1-3H3,(H,20,22). The van der Waals surface area contributed by atoms with Gasteiger partial charge in [-0.1, -0.05) is 0 Å². The van der Waals surface area contributed by atoms with Gasteiger partial charge >= 0.3 is 5.97 Å². The third kappa shape index (κ3) is 6.42. The number of methoxy groups -OCH3 is 1. The molecule has 1 atom stereocenters. The fraction of sp³-hybridized carbons (Fsp3) is 0.526. The summed E-state index contributed by atoms with van der Waals surface area (Å²) in [6.45, 7) is 6.03. The van der Waals surface area contributed by atoms with Crippen molar-refractivity contribution < 1.29 is 23.7 Å². The zero-order valence-corrected chi connectivity index (χ0v) is 15.9. The number of H-pyrrole nitrogens is 1. The molecule has 0 fully saturated rings. The van der Waals surface area contributed by atoms with Gasteiger partial charge in [-0.3, -0.25) is 9.78 Å². The molecule has 1 N–H and O–H groups in total. The first-order valence-electron chi connectivity index (χ1n) is 8.87. The number of nitrogens with one attached hydrogen (secondary N) is 1. The Kier molecular flexibility index (Phi) is 8.38. The van der Waals surface area contributed by atoms with Gasteiger partial charge in [0.15, 0.2) is 0 Å². The summed E-state index contributed by atoms with van der Waals surface area (Å²) in [7, 11) is 1.62. The molecule has 0 aliphatic heterocycles. The van der Waals surface area contributed by atoms with Crippen LogP contribution in [-0.2, 0) is 18.9 Å². The monoisotopic (exact) mass is 378 g/mol. The maximum Gasteiger partial charge on any atom is 0.340 e. The number of rotatable bonds is 11. The molecule has 2 rings (SSSR count). The van der Waals surface area contributed by atoms with Crippen LogP contribution in [0.3, 0.4) is 0 Å². The molecule has 8 nitrogen and oxygen atoms in total. The number of hydrogen-bond acceptors (Lipinski definition) is 7. The van der Waals surface area contributed by atoms with E-state index in [2.05, 4.69) is 9.97 Å². The zero-order valence-electron chi connectivity index (χ0n) is 15.9. The molecule has 2 aromatic heterocycles. The van der Waals surface area contributed by atoms with Gasteiger partial charge in [-0.05, 0) is 26.0 Å². The van der Waals surface area contributed by atoms with Crippen LogP contribution >= 0.6 is 0 Å². The van der Waals surface area contributed by atoms with E-state index >= 15 is 0 Å². The molecule has 0 aromatic carbocycles. The number of aryl methyl sites for hydroxylation is 1. The Morgan fingerprint density at radius 1 is 1.19 bits per heavy atom. The van der Waals surface area contributed by atoms with E-state index in [9.17, 15) is 9.59 Å². The molecule has 1 unspecified atom stereocenters. The predicted molar refractivity (Wildman–Crippen MR) is 100 cm³/mol. The van der Waals surface area contributed by atoms with E-state index in [4.69, 9.17) is 18.9 Å². The molecule has 0 radical (unpaired) electrons. The Labute approximate surface area is 157 Å². The summed E-state index contributed by atoms with van der Waals surface area (Å²) in [5.41, 5.74) is 1.07. The van der Waals surface area contributed by atoms with Crippen molar-refractivity contribution in [2.45, 2.75) is 26.4 Å². The van der Waals surface area contributed by atoms with Crippen molar-refractivity contribution >= 4 is 16.9 Å². The fourth-order valence-corrected chi connectivity index (χ4v) is 2.43. The molecule has 0 aliphatic rings. The van der Waals surface area contributed by atoms with Crippen LogP contribution in [0.5, 0.6) is 0 Å². The molecular weight excluding hydrogens is 352 g/mol. The molecule has 0 aliphatic carbocycles. The van der Waals surface area contributed by atoms with E-state index in [0.29, 0.717) is 61.6 Å². The number of carbonyl (C=O) groups excluding carboxylic acids is 1. The van der Waals surface area contributed by atoms with E-state index in [1.54, 1.807) is 27.0 Å². The Morgan fingerprint density at radius 3 is 2.63 bits per heavy atom. The van der Waals surface area contributed by atoms with Crippen molar-refractivity contribution in [2.24, 2.45) is 0 Å². The normalized spacial score (nSPS) is 12.3. The number of aromatic nitrogens is 2. The summed E-state index contributed by atoms with van der Waals surface area (Å²) >= 11 is 0. The van der Waals surface area contributed by atoms with Gasteiger partial charge in [-0.15, -0.1) is 0 Å². The highest BCUT2D eigenvalue weighted by Crippen LogP contribution is 2.15. The maximum atomic E-state index is 12.4. The first-order chi connectivity index (χ1) is 13.0. The fourth-order valence-electron chi connectivity index (χ4n) is 2.43. The quantitative estimate of drug-likeness (QED) is 0.470. The second-order valence-electron chi connectivity index (χ2n) is 6.08. The number of esters is 1. The van der Waals surface area contributed by atoms with Gasteiger partial charge in [0.05, 0.1) is 55.2 Å². The largest absolute Gasteiger partial charge is 0.459 e. The Hall–Kier alpha value is -2.29. The van der Waals surface area contributed by atoms with Crippen LogP contribution in [0.15, 0.2) is 23.1 Å². The van der Waals surface area contributed by atoms with E-state index in [1.165, 1.54) is 12.3 Å². The number of hydrogen-bond donors (Lipinski definition) is 1. The second-order valence-corrected chi connectivity index (χ2v) is 6.08. The van der Waals surface area contributed by atoms with Crippen molar-refractivity contribution in [2.75, 3.05) is 40.1 Å². The summed E-state index contributed by atoms with van der Waals surface area (Å²) in [6.07, 6.45) is 1.76. The SMILES string of the molecule is COCCOCCOCCC(C)OC(=O)c1cc2c(=O)[nH]ccc2nc1C. The van der Waals surface area contributed by atoms with Crippen molar-refractivity contribution in [3.05, 3.63) is 39.9 Å². The minimum atomic E-state index is -0.499. The summed E-state index contributed by atoms with van der Waals surface area (Å²) in [6, 6.07) is 3.22. The number of carbonyl (C=O) groups is 1. The van der Waals surface area contributed by atoms with Crippen LogP contribution in [0, 0.1) is 6.92 Å². The highest BCUT2D eigenvalue weighted by molar-refractivity contribution is 5.94. The molecular formula is C19H26N2O6. The van der Waals surface area contributed by atoms with Gasteiger partial charge in [0.1, 0.15) is 6.10 Å². The van der Waals surface area contributed by atoms with E-state index in [-0.39, 0.29) is 11.7 Å². The predicted octanol–water partition coefficient (Wildman–Crippen LogP) is 1.85. The Balaban J connectivity index is 1.81. The van der Waals surface area contributed by atoms with Crippen molar-refractivity contribution in [1.29, 1.82) is 0 Å². The Morgan fingerprint density at radius 2 is 1.89 bits per heavy atom. The lowest BCUT2D eigenvalue weighted by molar-refractivity contribution is 0.00679. The lowest BCUT2D eigenvalue weighted by Gasteiger charge is -2.14. The highest BCUT2D eigenvalue weighted by atomic mass is 16.6. The van der Waals surface area contributed by atoms with E-state index in [1.807, 2.05) is 0 Å². The van der Waals surface area contributed by atoms with Crippen molar-refractivity contribution in [3.8, 4) is 0 Å². The molecule has 27 heavy (non-hydrogen) atoms. The maximum absolute atomic E-state index is 12.4. The van der Waals surface area contributed by atoms with Gasteiger partial charge in [0.25, 0.3) is 5.56 Å². The second kappa shape index (κ2) is 10.8. The van der Waals surface area contributed by atoms with E-state index < -0.39 is 5.97 Å². The molecule has 2 heterocycles. The van der Waals surface area contributed by atoms with Crippen molar-refractivity contribution in [3.63, 3.8) is 0 Å². The minimum Gasteiger partial charge on any atom is -0.459 e. The molecule has 0 bridgehead atoms. The summed E-state index contributed by atoms with van der Waals surface area (Å²) in [4.78, 5) is 31.2. The van der Waals surface area contributed by atoms with Crippen LogP contribution in [0.1, 0.15) is 29.4 Å². The lowest BCUT2D eigenvalue weighted by atomic mass is 10.1. The number of aromatic amines is 1. The van der Waals surface area contributed by atoms with Crippen LogP contribution in [0.4, 0.5) is 0 Å². The summed E-state index contributed by atoms with van der Waals surface area (Å²) in [5.74, 6) is -0.499. The average molecular weight is 378 g/mol. The number of pyridine rings is 2. The summed E-state index contributed by atoms with van der Waals surface area (Å²) in [5, 5.41) is 0.361. The van der Waals surface area contributed by atoms with Crippen molar-refractivity contribution in [1.82, 2.24) is 9.97 Å². The number of ether oxygens (including phenoxy) is 4. The molecule has 0 saturated carbocycles. The number of nitrogens with zero attached hydrogens (tertiary/aromatic N) is 1. The molecule has 0 amide bonds.